The van der Waals surface area contributed by atoms with Crippen molar-refractivity contribution in [3.05, 3.63) is 0 Å². The van der Waals surface area contributed by atoms with E-state index < -0.39 is 24.1 Å². The van der Waals surface area contributed by atoms with Crippen LogP contribution in [0, 0.1) is 0 Å². The zero-order valence-electron chi connectivity index (χ0n) is 10.3. The number of methoxy groups -OCH3 is 1. The highest BCUT2D eigenvalue weighted by Gasteiger charge is 2.35. The van der Waals surface area contributed by atoms with Gasteiger partial charge in [0.2, 0.25) is 5.91 Å². The topological polar surface area (TPSA) is 72.9 Å². The van der Waals surface area contributed by atoms with Gasteiger partial charge in [0.15, 0.2) is 0 Å². The zero-order valence-corrected chi connectivity index (χ0v) is 10.3. The first-order chi connectivity index (χ1) is 7.95. The van der Waals surface area contributed by atoms with Gasteiger partial charge in [-0.1, -0.05) is 0 Å². The summed E-state index contributed by atoms with van der Waals surface area (Å²) >= 11 is 0. The van der Waals surface area contributed by atoms with Crippen LogP contribution in [0.2, 0.25) is 0 Å². The third-order valence-electron chi connectivity index (χ3n) is 2.76. The van der Waals surface area contributed by atoms with E-state index in [1.54, 1.807) is 14.0 Å². The third kappa shape index (κ3) is 3.44. The highest BCUT2D eigenvalue weighted by molar-refractivity contribution is 5.88. The maximum atomic E-state index is 11.7. The molecule has 1 amide bonds. The first kappa shape index (κ1) is 13.5. The number of amides is 1. The molecule has 0 saturated carbocycles. The van der Waals surface area contributed by atoms with Gasteiger partial charge in [-0.05, 0) is 13.3 Å². The van der Waals surface area contributed by atoms with Gasteiger partial charge >= 0.3 is 11.9 Å². The molecule has 6 nitrogen and oxygen atoms in total. The Morgan fingerprint density at radius 3 is 2.65 bits per heavy atom. The molecule has 0 aromatic rings. The minimum Gasteiger partial charge on any atom is -0.469 e. The van der Waals surface area contributed by atoms with Gasteiger partial charge < -0.3 is 14.4 Å². The molecule has 0 unspecified atom stereocenters. The monoisotopic (exact) mass is 243 g/mol. The first-order valence-corrected chi connectivity index (χ1v) is 5.48. The third-order valence-corrected chi connectivity index (χ3v) is 2.76. The lowest BCUT2D eigenvalue weighted by molar-refractivity contribution is -0.158. The maximum Gasteiger partial charge on any atom is 0.329 e. The lowest BCUT2D eigenvalue weighted by Crippen LogP contribution is -2.38. The number of likely N-dealkylation sites (N-methyl/N-ethyl adjacent to an activating group) is 1. The smallest absolute Gasteiger partial charge is 0.329 e. The second-order valence-electron chi connectivity index (χ2n) is 4.09. The predicted octanol–water partition coefficient (Wildman–Crippen LogP) is 0.102. The Morgan fingerprint density at radius 2 is 2.18 bits per heavy atom. The largest absolute Gasteiger partial charge is 0.469 e. The summed E-state index contributed by atoms with van der Waals surface area (Å²) in [5.74, 6) is -0.955. The molecule has 2 atom stereocenters. The molecule has 17 heavy (non-hydrogen) atoms. The van der Waals surface area contributed by atoms with Crippen molar-refractivity contribution >= 4 is 17.8 Å². The maximum absolute atomic E-state index is 11.7. The highest BCUT2D eigenvalue weighted by atomic mass is 16.6. The molecule has 1 saturated heterocycles. The van der Waals surface area contributed by atoms with E-state index in [9.17, 15) is 14.4 Å². The van der Waals surface area contributed by atoms with Crippen LogP contribution in [0.5, 0.6) is 0 Å². The SMILES string of the molecule is COC(=O)C[C@@H](C)OC(=O)[C@H]1CCC(=O)N1C. The van der Waals surface area contributed by atoms with Crippen LogP contribution >= 0.6 is 0 Å². The van der Waals surface area contributed by atoms with Crippen LogP contribution in [0.1, 0.15) is 26.2 Å². The van der Waals surface area contributed by atoms with E-state index >= 15 is 0 Å². The van der Waals surface area contributed by atoms with Crippen LogP contribution in [0.4, 0.5) is 0 Å². The van der Waals surface area contributed by atoms with Crippen LogP contribution in [0.3, 0.4) is 0 Å². The minimum absolute atomic E-state index is 0.0205. The molecule has 1 aliphatic heterocycles. The number of carbonyl (C=O) groups excluding carboxylic acids is 3. The van der Waals surface area contributed by atoms with Gasteiger partial charge in [-0.25, -0.2) is 4.79 Å². The molecule has 1 aliphatic rings. The van der Waals surface area contributed by atoms with Crippen molar-refractivity contribution in [1.82, 2.24) is 4.90 Å². The Balaban J connectivity index is 2.44. The van der Waals surface area contributed by atoms with Crippen molar-refractivity contribution in [2.24, 2.45) is 0 Å². The number of rotatable bonds is 4. The number of ether oxygens (including phenoxy) is 2. The molecular formula is C11H17NO5. The summed E-state index contributed by atoms with van der Waals surface area (Å²) in [5.41, 5.74) is 0. The quantitative estimate of drug-likeness (QED) is 0.655. The van der Waals surface area contributed by atoms with Crippen molar-refractivity contribution in [2.45, 2.75) is 38.3 Å². The molecular weight excluding hydrogens is 226 g/mol. The van der Waals surface area contributed by atoms with Gasteiger partial charge in [0.1, 0.15) is 12.1 Å². The molecule has 6 heteroatoms. The van der Waals surface area contributed by atoms with Crippen molar-refractivity contribution in [3.8, 4) is 0 Å². The fourth-order valence-electron chi connectivity index (χ4n) is 1.72. The van der Waals surface area contributed by atoms with Gasteiger partial charge in [-0.15, -0.1) is 0 Å². The predicted molar refractivity (Wildman–Crippen MR) is 58.0 cm³/mol. The van der Waals surface area contributed by atoms with E-state index in [1.807, 2.05) is 0 Å². The van der Waals surface area contributed by atoms with Crippen LogP contribution in [0.15, 0.2) is 0 Å². The van der Waals surface area contributed by atoms with Gasteiger partial charge in [-0.2, -0.15) is 0 Å². The van der Waals surface area contributed by atoms with Gasteiger partial charge in [0.05, 0.1) is 13.5 Å². The Hall–Kier alpha value is -1.59. The summed E-state index contributed by atoms with van der Waals surface area (Å²) in [6, 6.07) is -0.525. The number of hydrogen-bond donors (Lipinski definition) is 0. The second-order valence-corrected chi connectivity index (χ2v) is 4.09. The van der Waals surface area contributed by atoms with E-state index in [4.69, 9.17) is 4.74 Å². The van der Waals surface area contributed by atoms with Gasteiger partial charge in [-0.3, -0.25) is 9.59 Å². The molecule has 0 N–H and O–H groups in total. The minimum atomic E-state index is -0.543. The fraction of sp³-hybridized carbons (Fsp3) is 0.727. The van der Waals surface area contributed by atoms with Gasteiger partial charge in [0.25, 0.3) is 0 Å². The van der Waals surface area contributed by atoms with Crippen molar-refractivity contribution < 1.29 is 23.9 Å². The van der Waals surface area contributed by atoms with Crippen LogP contribution in [0.25, 0.3) is 0 Å². The van der Waals surface area contributed by atoms with E-state index in [2.05, 4.69) is 4.74 Å². The van der Waals surface area contributed by atoms with E-state index in [1.165, 1.54) is 12.0 Å². The van der Waals surface area contributed by atoms with Gasteiger partial charge in [0, 0.05) is 13.5 Å². The number of likely N-dealkylation sites (tertiary alicyclic amines) is 1. The number of nitrogens with zero attached hydrogens (tertiary/aromatic N) is 1. The Morgan fingerprint density at radius 1 is 1.53 bits per heavy atom. The molecule has 0 radical (unpaired) electrons. The molecule has 0 aromatic carbocycles. The Bertz CT molecular complexity index is 328. The normalized spacial score (nSPS) is 21.2. The van der Waals surface area contributed by atoms with Crippen molar-refractivity contribution in [3.63, 3.8) is 0 Å². The highest BCUT2D eigenvalue weighted by Crippen LogP contribution is 2.18. The van der Waals surface area contributed by atoms with Crippen LogP contribution in [-0.4, -0.2) is 49.0 Å². The number of carbonyl (C=O) groups is 3. The average Bonchev–Trinajstić information content (AvgIpc) is 2.59. The molecule has 0 bridgehead atoms. The molecule has 1 fully saturated rings. The second kappa shape index (κ2) is 5.65. The van der Waals surface area contributed by atoms with Crippen molar-refractivity contribution in [2.75, 3.05) is 14.2 Å². The van der Waals surface area contributed by atoms with Crippen LogP contribution < -0.4 is 0 Å². The number of hydrogen-bond acceptors (Lipinski definition) is 5. The molecule has 0 spiro atoms. The summed E-state index contributed by atoms with van der Waals surface area (Å²) in [6.07, 6.45) is 0.312. The fourth-order valence-corrected chi connectivity index (χ4v) is 1.72. The first-order valence-electron chi connectivity index (χ1n) is 5.48. The molecule has 1 rings (SSSR count). The molecule has 0 aromatic heterocycles. The molecule has 0 aliphatic carbocycles. The Labute approximate surface area is 99.9 Å². The lowest BCUT2D eigenvalue weighted by atomic mass is 10.2. The van der Waals surface area contributed by atoms with E-state index in [-0.39, 0.29) is 12.3 Å². The number of esters is 2. The summed E-state index contributed by atoms with van der Waals surface area (Å²) in [4.78, 5) is 35.3. The molecule has 96 valence electrons. The molecule has 1 heterocycles. The zero-order chi connectivity index (χ0) is 13.0. The van der Waals surface area contributed by atoms with E-state index in [0.717, 1.165) is 0 Å². The summed E-state index contributed by atoms with van der Waals surface area (Å²) in [7, 11) is 2.85. The van der Waals surface area contributed by atoms with Crippen molar-refractivity contribution in [1.29, 1.82) is 0 Å². The lowest BCUT2D eigenvalue weighted by Gasteiger charge is -2.20. The van der Waals surface area contributed by atoms with Crippen LogP contribution in [-0.2, 0) is 23.9 Å². The van der Waals surface area contributed by atoms with E-state index in [0.29, 0.717) is 12.8 Å². The summed E-state index contributed by atoms with van der Waals surface area (Å²) < 4.78 is 9.56. The summed E-state index contributed by atoms with van der Waals surface area (Å²) in [6.45, 7) is 1.62. The summed E-state index contributed by atoms with van der Waals surface area (Å²) in [5, 5.41) is 0. The standard InChI is InChI=1S/C11H17NO5/c1-7(6-10(14)16-3)17-11(15)8-4-5-9(13)12(8)2/h7-8H,4-6H2,1-3H3/t7-,8-/m1/s1. The average molecular weight is 243 g/mol. The Kier molecular flexibility index (Phi) is 4.48.